The van der Waals surface area contributed by atoms with E-state index in [1.54, 1.807) is 18.4 Å². The number of carbonyl (C=O) groups excluding carboxylic acids is 1. The Balaban J connectivity index is 2.40. The summed E-state index contributed by atoms with van der Waals surface area (Å²) in [6.07, 6.45) is -0.356. The molecule has 1 aromatic heterocycles. The van der Waals surface area contributed by atoms with Crippen LogP contribution in [0.4, 0.5) is 0 Å². The van der Waals surface area contributed by atoms with Crippen LogP contribution in [-0.4, -0.2) is 23.7 Å². The van der Waals surface area contributed by atoms with E-state index in [-0.39, 0.29) is 6.10 Å². The third-order valence-electron chi connectivity index (χ3n) is 1.68. The number of aliphatic hydroxyl groups excluding tert-OH is 1. The van der Waals surface area contributed by atoms with Crippen molar-refractivity contribution in [1.29, 1.82) is 0 Å². The highest BCUT2D eigenvalue weighted by atomic mass is 32.1. The van der Waals surface area contributed by atoms with Crippen molar-refractivity contribution in [2.45, 2.75) is 19.6 Å². The Morgan fingerprint density at radius 2 is 2.50 bits per heavy atom. The van der Waals surface area contributed by atoms with E-state index in [2.05, 4.69) is 5.32 Å². The average Bonchev–Trinajstić information content (AvgIpc) is 2.52. The molecule has 0 saturated heterocycles. The standard InChI is InChI=1S/C9H14N2O2S/c1-6(12)3-11-4-8-2-7(5-14-8)9(10)13/h2,5-6,11-12H,3-4H2,1H3,(H2,10,13). The molecule has 0 bridgehead atoms. The summed E-state index contributed by atoms with van der Waals surface area (Å²) in [5.41, 5.74) is 5.66. The zero-order chi connectivity index (χ0) is 10.6. The molecule has 1 atom stereocenters. The first-order valence-electron chi connectivity index (χ1n) is 4.35. The maximum absolute atomic E-state index is 10.8. The quantitative estimate of drug-likeness (QED) is 0.660. The van der Waals surface area contributed by atoms with Crippen molar-refractivity contribution in [2.75, 3.05) is 6.54 Å². The summed E-state index contributed by atoms with van der Waals surface area (Å²) < 4.78 is 0. The number of nitrogens with one attached hydrogen (secondary N) is 1. The van der Waals surface area contributed by atoms with Gasteiger partial charge in [-0.3, -0.25) is 4.79 Å². The maximum atomic E-state index is 10.8. The molecule has 0 aliphatic rings. The van der Waals surface area contributed by atoms with Gasteiger partial charge in [-0.1, -0.05) is 0 Å². The summed E-state index contributed by atoms with van der Waals surface area (Å²) in [6, 6.07) is 1.77. The van der Waals surface area contributed by atoms with E-state index in [9.17, 15) is 4.79 Å². The normalized spacial score (nSPS) is 12.7. The number of primary amides is 1. The van der Waals surface area contributed by atoms with Crippen molar-refractivity contribution in [3.8, 4) is 0 Å². The number of nitrogens with two attached hydrogens (primary N) is 1. The predicted octanol–water partition coefficient (Wildman–Crippen LogP) is 0.317. The molecule has 0 fully saturated rings. The van der Waals surface area contributed by atoms with Crippen molar-refractivity contribution < 1.29 is 9.90 Å². The molecule has 1 unspecified atom stereocenters. The molecule has 78 valence electrons. The van der Waals surface area contributed by atoms with Crippen LogP contribution in [0.25, 0.3) is 0 Å². The minimum atomic E-state index is -0.400. The van der Waals surface area contributed by atoms with Crippen LogP contribution in [0.2, 0.25) is 0 Å². The summed E-state index contributed by atoms with van der Waals surface area (Å²) in [5, 5.41) is 13.8. The van der Waals surface area contributed by atoms with Crippen molar-refractivity contribution >= 4 is 17.2 Å². The molecule has 1 heterocycles. The molecule has 4 N–H and O–H groups in total. The van der Waals surface area contributed by atoms with Gasteiger partial charge in [-0.25, -0.2) is 0 Å². The van der Waals surface area contributed by atoms with Gasteiger partial charge in [-0.05, 0) is 13.0 Å². The molecule has 14 heavy (non-hydrogen) atoms. The molecule has 0 saturated carbocycles. The van der Waals surface area contributed by atoms with Crippen LogP contribution >= 0.6 is 11.3 Å². The number of carbonyl (C=O) groups is 1. The van der Waals surface area contributed by atoms with Crippen LogP contribution < -0.4 is 11.1 Å². The van der Waals surface area contributed by atoms with E-state index in [0.717, 1.165) is 4.88 Å². The lowest BCUT2D eigenvalue weighted by atomic mass is 10.3. The van der Waals surface area contributed by atoms with E-state index in [1.165, 1.54) is 11.3 Å². The molecule has 0 aliphatic heterocycles. The van der Waals surface area contributed by atoms with Gasteiger partial charge in [-0.2, -0.15) is 0 Å². The highest BCUT2D eigenvalue weighted by molar-refractivity contribution is 7.10. The van der Waals surface area contributed by atoms with Gasteiger partial charge < -0.3 is 16.2 Å². The lowest BCUT2D eigenvalue weighted by Gasteiger charge is -2.04. The molecule has 1 amide bonds. The SMILES string of the molecule is CC(O)CNCc1cc(C(N)=O)cs1. The number of rotatable bonds is 5. The van der Waals surface area contributed by atoms with Crippen LogP contribution in [0, 0.1) is 0 Å². The van der Waals surface area contributed by atoms with E-state index >= 15 is 0 Å². The fraction of sp³-hybridized carbons (Fsp3) is 0.444. The smallest absolute Gasteiger partial charge is 0.249 e. The number of amides is 1. The summed E-state index contributed by atoms with van der Waals surface area (Å²) in [5.74, 6) is -0.400. The Morgan fingerprint density at radius 1 is 1.79 bits per heavy atom. The first-order valence-corrected chi connectivity index (χ1v) is 5.23. The van der Waals surface area contributed by atoms with Crippen molar-refractivity contribution in [1.82, 2.24) is 5.32 Å². The zero-order valence-corrected chi connectivity index (χ0v) is 8.80. The second-order valence-corrected chi connectivity index (χ2v) is 4.14. The zero-order valence-electron chi connectivity index (χ0n) is 7.99. The number of thiophene rings is 1. The van der Waals surface area contributed by atoms with Crippen LogP contribution in [0.1, 0.15) is 22.2 Å². The molecule has 0 aromatic carbocycles. The Hall–Kier alpha value is -0.910. The van der Waals surface area contributed by atoms with Crippen molar-refractivity contribution in [2.24, 2.45) is 5.73 Å². The largest absolute Gasteiger partial charge is 0.392 e. The van der Waals surface area contributed by atoms with E-state index < -0.39 is 5.91 Å². The van der Waals surface area contributed by atoms with Gasteiger partial charge in [0.1, 0.15) is 0 Å². The molecule has 0 aliphatic carbocycles. The highest BCUT2D eigenvalue weighted by Gasteiger charge is 2.04. The van der Waals surface area contributed by atoms with Crippen LogP contribution in [0.5, 0.6) is 0 Å². The molecule has 0 spiro atoms. The van der Waals surface area contributed by atoms with Crippen LogP contribution in [-0.2, 0) is 6.54 Å². The average molecular weight is 214 g/mol. The minimum Gasteiger partial charge on any atom is -0.392 e. The second kappa shape index (κ2) is 5.09. The molecular formula is C9H14N2O2S. The van der Waals surface area contributed by atoms with Gasteiger partial charge in [0.25, 0.3) is 0 Å². The van der Waals surface area contributed by atoms with E-state index in [0.29, 0.717) is 18.7 Å². The van der Waals surface area contributed by atoms with Gasteiger partial charge in [-0.15, -0.1) is 11.3 Å². The third-order valence-corrected chi connectivity index (χ3v) is 2.61. The van der Waals surface area contributed by atoms with Crippen molar-refractivity contribution in [3.05, 3.63) is 21.9 Å². The van der Waals surface area contributed by atoms with Gasteiger partial charge >= 0.3 is 0 Å². The fourth-order valence-corrected chi connectivity index (χ4v) is 1.85. The number of hydrogen-bond donors (Lipinski definition) is 3. The van der Waals surface area contributed by atoms with Crippen LogP contribution in [0.3, 0.4) is 0 Å². The third kappa shape index (κ3) is 3.45. The molecular weight excluding hydrogens is 200 g/mol. The summed E-state index contributed by atoms with van der Waals surface area (Å²) >= 11 is 1.48. The van der Waals surface area contributed by atoms with Gasteiger partial charge in [0.2, 0.25) is 5.91 Å². The minimum absolute atomic E-state index is 0.356. The Kier molecular flexibility index (Phi) is 4.06. The topological polar surface area (TPSA) is 75.3 Å². The molecule has 1 rings (SSSR count). The lowest BCUT2D eigenvalue weighted by molar-refractivity contribution is 0.100. The Bertz CT molecular complexity index is 310. The number of hydrogen-bond acceptors (Lipinski definition) is 4. The van der Waals surface area contributed by atoms with Crippen molar-refractivity contribution in [3.63, 3.8) is 0 Å². The summed E-state index contributed by atoms with van der Waals surface area (Å²) in [4.78, 5) is 11.8. The Morgan fingerprint density at radius 3 is 3.00 bits per heavy atom. The monoisotopic (exact) mass is 214 g/mol. The van der Waals surface area contributed by atoms with E-state index in [1.807, 2.05) is 0 Å². The second-order valence-electron chi connectivity index (χ2n) is 3.15. The summed E-state index contributed by atoms with van der Waals surface area (Å²) in [6.45, 7) is 2.92. The Labute approximate surface area is 86.7 Å². The molecule has 1 aromatic rings. The molecule has 4 nitrogen and oxygen atoms in total. The first kappa shape index (κ1) is 11.2. The molecule has 0 radical (unpaired) electrons. The van der Waals surface area contributed by atoms with E-state index in [4.69, 9.17) is 10.8 Å². The van der Waals surface area contributed by atoms with Gasteiger partial charge in [0, 0.05) is 23.3 Å². The van der Waals surface area contributed by atoms with Gasteiger partial charge in [0.05, 0.1) is 11.7 Å². The summed E-state index contributed by atoms with van der Waals surface area (Å²) in [7, 11) is 0. The highest BCUT2D eigenvalue weighted by Crippen LogP contribution is 2.13. The fourth-order valence-electron chi connectivity index (χ4n) is 1.01. The predicted molar refractivity (Wildman–Crippen MR) is 56.2 cm³/mol. The lowest BCUT2D eigenvalue weighted by Crippen LogP contribution is -2.23. The van der Waals surface area contributed by atoms with Gasteiger partial charge in [0.15, 0.2) is 0 Å². The van der Waals surface area contributed by atoms with Crippen LogP contribution in [0.15, 0.2) is 11.4 Å². The maximum Gasteiger partial charge on any atom is 0.249 e. The molecule has 5 heteroatoms. The first-order chi connectivity index (χ1) is 6.59. The number of aliphatic hydroxyl groups is 1.